The first-order valence-electron chi connectivity index (χ1n) is 6.74. The van der Waals surface area contributed by atoms with Gasteiger partial charge in [0.05, 0.1) is 0 Å². The monoisotopic (exact) mass is 210 g/mol. The molecule has 0 aliphatic heterocycles. The number of hydrogen-bond donors (Lipinski definition) is 0. The van der Waals surface area contributed by atoms with E-state index in [0.29, 0.717) is 23.5 Å². The Kier molecular flexibility index (Phi) is 5.35. The van der Waals surface area contributed by atoms with E-state index in [1.54, 1.807) is 0 Å². The minimum Gasteiger partial charge on any atom is -0.299 e. The van der Waals surface area contributed by atoms with Crippen molar-refractivity contribution in [2.45, 2.75) is 65.7 Å². The molecule has 1 heteroatoms. The van der Waals surface area contributed by atoms with Crippen molar-refractivity contribution in [2.24, 2.45) is 17.8 Å². The van der Waals surface area contributed by atoms with Gasteiger partial charge in [-0.05, 0) is 25.2 Å². The van der Waals surface area contributed by atoms with Crippen LogP contribution < -0.4 is 0 Å². The first kappa shape index (κ1) is 12.7. The summed E-state index contributed by atoms with van der Waals surface area (Å²) in [6.45, 7) is 6.60. The van der Waals surface area contributed by atoms with Gasteiger partial charge >= 0.3 is 0 Å². The van der Waals surface area contributed by atoms with Crippen LogP contribution in [-0.2, 0) is 4.79 Å². The first-order valence-corrected chi connectivity index (χ1v) is 6.74. The fourth-order valence-corrected chi connectivity index (χ4v) is 2.94. The average molecular weight is 210 g/mol. The fourth-order valence-electron chi connectivity index (χ4n) is 2.94. The number of rotatable bonds is 5. The highest BCUT2D eigenvalue weighted by Gasteiger charge is 2.31. The average Bonchev–Trinajstić information content (AvgIpc) is 2.25. The summed E-state index contributed by atoms with van der Waals surface area (Å²) in [6.07, 6.45) is 8.29. The number of ketones is 1. The van der Waals surface area contributed by atoms with E-state index in [0.717, 1.165) is 25.7 Å². The standard InChI is InChI=1S/C14H26O/c1-4-8-12(5-2)14(15)13-10-7-6-9-11(13)3/h11-13H,4-10H2,1-3H3. The van der Waals surface area contributed by atoms with Crippen molar-refractivity contribution in [3.63, 3.8) is 0 Å². The molecule has 0 radical (unpaired) electrons. The molecule has 15 heavy (non-hydrogen) atoms. The molecule has 1 saturated carbocycles. The van der Waals surface area contributed by atoms with Gasteiger partial charge in [-0.15, -0.1) is 0 Å². The highest BCUT2D eigenvalue weighted by Crippen LogP contribution is 2.33. The highest BCUT2D eigenvalue weighted by atomic mass is 16.1. The first-order chi connectivity index (χ1) is 7.20. The van der Waals surface area contributed by atoms with Crippen molar-refractivity contribution in [2.75, 3.05) is 0 Å². The minimum absolute atomic E-state index is 0.348. The lowest BCUT2D eigenvalue weighted by Crippen LogP contribution is -2.30. The van der Waals surface area contributed by atoms with Gasteiger partial charge in [0.15, 0.2) is 0 Å². The summed E-state index contributed by atoms with van der Waals surface area (Å²) < 4.78 is 0. The molecule has 1 rings (SSSR count). The molecule has 0 N–H and O–H groups in total. The third-order valence-corrected chi connectivity index (χ3v) is 4.01. The van der Waals surface area contributed by atoms with E-state index in [2.05, 4.69) is 20.8 Å². The van der Waals surface area contributed by atoms with E-state index in [-0.39, 0.29) is 0 Å². The molecule has 3 atom stereocenters. The van der Waals surface area contributed by atoms with Gasteiger partial charge in [-0.25, -0.2) is 0 Å². The van der Waals surface area contributed by atoms with Gasteiger partial charge in [-0.2, -0.15) is 0 Å². The predicted molar refractivity (Wildman–Crippen MR) is 64.8 cm³/mol. The molecule has 88 valence electrons. The van der Waals surface area contributed by atoms with Gasteiger partial charge in [0.1, 0.15) is 5.78 Å². The van der Waals surface area contributed by atoms with Crippen molar-refractivity contribution in [3.05, 3.63) is 0 Å². The maximum Gasteiger partial charge on any atom is 0.139 e. The van der Waals surface area contributed by atoms with E-state index < -0.39 is 0 Å². The molecule has 0 heterocycles. The van der Waals surface area contributed by atoms with Gasteiger partial charge in [0.25, 0.3) is 0 Å². The molecule has 3 unspecified atom stereocenters. The van der Waals surface area contributed by atoms with Crippen LogP contribution in [0.3, 0.4) is 0 Å². The lowest BCUT2D eigenvalue weighted by molar-refractivity contribution is -0.129. The van der Waals surface area contributed by atoms with E-state index in [1.165, 1.54) is 19.3 Å². The largest absolute Gasteiger partial charge is 0.299 e. The van der Waals surface area contributed by atoms with Crippen LogP contribution in [0.1, 0.15) is 65.7 Å². The molecule has 0 saturated heterocycles. The smallest absolute Gasteiger partial charge is 0.139 e. The molecule has 0 aromatic rings. The lowest BCUT2D eigenvalue weighted by atomic mass is 9.74. The SMILES string of the molecule is CCCC(CC)C(=O)C1CCCCC1C. The summed E-state index contributed by atoms with van der Waals surface area (Å²) in [5.74, 6) is 1.94. The zero-order chi connectivity index (χ0) is 11.3. The van der Waals surface area contributed by atoms with E-state index in [4.69, 9.17) is 0 Å². The Morgan fingerprint density at radius 3 is 2.47 bits per heavy atom. The van der Waals surface area contributed by atoms with E-state index in [9.17, 15) is 4.79 Å². The number of Topliss-reactive ketones (excluding diaryl/α,β-unsaturated/α-hetero) is 1. The van der Waals surface area contributed by atoms with Gasteiger partial charge in [0.2, 0.25) is 0 Å². The summed E-state index contributed by atoms with van der Waals surface area (Å²) in [5.41, 5.74) is 0. The van der Waals surface area contributed by atoms with Crippen LogP contribution in [0.5, 0.6) is 0 Å². The van der Waals surface area contributed by atoms with Crippen molar-refractivity contribution >= 4 is 5.78 Å². The maximum atomic E-state index is 12.3. The Bertz CT molecular complexity index is 198. The van der Waals surface area contributed by atoms with Crippen molar-refractivity contribution in [1.29, 1.82) is 0 Å². The zero-order valence-electron chi connectivity index (χ0n) is 10.6. The van der Waals surface area contributed by atoms with Crippen LogP contribution in [0.15, 0.2) is 0 Å². The van der Waals surface area contributed by atoms with Gasteiger partial charge in [-0.1, -0.05) is 46.5 Å². The second kappa shape index (κ2) is 6.30. The topological polar surface area (TPSA) is 17.1 Å². The lowest BCUT2D eigenvalue weighted by Gasteiger charge is -2.30. The van der Waals surface area contributed by atoms with E-state index in [1.807, 2.05) is 0 Å². The number of carbonyl (C=O) groups excluding carboxylic acids is 1. The third kappa shape index (κ3) is 3.32. The Hall–Kier alpha value is -0.330. The third-order valence-electron chi connectivity index (χ3n) is 4.01. The van der Waals surface area contributed by atoms with Crippen molar-refractivity contribution < 1.29 is 4.79 Å². The zero-order valence-corrected chi connectivity index (χ0v) is 10.6. The summed E-state index contributed by atoms with van der Waals surface area (Å²) >= 11 is 0. The molecule has 0 bridgehead atoms. The molecule has 1 aliphatic carbocycles. The van der Waals surface area contributed by atoms with Crippen LogP contribution in [0, 0.1) is 17.8 Å². The molecule has 0 aromatic carbocycles. The summed E-state index contributed by atoms with van der Waals surface area (Å²) in [4.78, 5) is 12.3. The Labute approximate surface area is 94.6 Å². The minimum atomic E-state index is 0.348. The quantitative estimate of drug-likeness (QED) is 0.664. The van der Waals surface area contributed by atoms with Gasteiger partial charge < -0.3 is 0 Å². The predicted octanol–water partition coefficient (Wildman–Crippen LogP) is 4.21. The second-order valence-corrected chi connectivity index (χ2v) is 5.16. The molecule has 1 aliphatic rings. The van der Waals surface area contributed by atoms with Crippen LogP contribution in [0.4, 0.5) is 0 Å². The summed E-state index contributed by atoms with van der Waals surface area (Å²) in [7, 11) is 0. The second-order valence-electron chi connectivity index (χ2n) is 5.16. The van der Waals surface area contributed by atoms with Crippen LogP contribution in [-0.4, -0.2) is 5.78 Å². The van der Waals surface area contributed by atoms with E-state index >= 15 is 0 Å². The number of carbonyl (C=O) groups is 1. The molecule has 1 nitrogen and oxygen atoms in total. The van der Waals surface area contributed by atoms with Crippen LogP contribution in [0.2, 0.25) is 0 Å². The van der Waals surface area contributed by atoms with Gasteiger partial charge in [-0.3, -0.25) is 4.79 Å². The Morgan fingerprint density at radius 2 is 1.93 bits per heavy atom. The Morgan fingerprint density at radius 1 is 1.27 bits per heavy atom. The van der Waals surface area contributed by atoms with Crippen molar-refractivity contribution in [1.82, 2.24) is 0 Å². The molecule has 1 fully saturated rings. The van der Waals surface area contributed by atoms with Crippen LogP contribution in [0.25, 0.3) is 0 Å². The highest BCUT2D eigenvalue weighted by molar-refractivity contribution is 5.83. The summed E-state index contributed by atoms with van der Waals surface area (Å²) in [6, 6.07) is 0. The van der Waals surface area contributed by atoms with Gasteiger partial charge in [0, 0.05) is 11.8 Å². The normalized spacial score (nSPS) is 28.7. The Balaban J connectivity index is 2.55. The summed E-state index contributed by atoms with van der Waals surface area (Å²) in [5, 5.41) is 0. The molecule has 0 aromatic heterocycles. The molecular weight excluding hydrogens is 184 g/mol. The molecule has 0 amide bonds. The maximum absolute atomic E-state index is 12.3. The molecule has 0 spiro atoms. The molecular formula is C14H26O. The fraction of sp³-hybridized carbons (Fsp3) is 0.929. The van der Waals surface area contributed by atoms with Crippen molar-refractivity contribution in [3.8, 4) is 0 Å². The van der Waals surface area contributed by atoms with Crippen LogP contribution >= 0.6 is 0 Å². The number of hydrogen-bond acceptors (Lipinski definition) is 1.